The Hall–Kier alpha value is -2.15. The lowest BCUT2D eigenvalue weighted by molar-refractivity contribution is -0.158. The van der Waals surface area contributed by atoms with Crippen molar-refractivity contribution in [2.24, 2.45) is 0 Å². The molecule has 0 spiro atoms. The third-order valence-corrected chi connectivity index (χ3v) is 3.11. The molecule has 7 heteroatoms. The number of morpholine rings is 1. The predicted molar refractivity (Wildman–Crippen MR) is 70.5 cm³/mol. The molecule has 21 heavy (non-hydrogen) atoms. The fourth-order valence-electron chi connectivity index (χ4n) is 2.06. The molecule has 1 atom stereocenters. The van der Waals surface area contributed by atoms with Crippen molar-refractivity contribution in [3.63, 3.8) is 0 Å². The summed E-state index contributed by atoms with van der Waals surface area (Å²) in [6.45, 7) is 0.619. The zero-order valence-electron chi connectivity index (χ0n) is 11.3. The fraction of sp³-hybridized carbons (Fsp3) is 0.429. The van der Waals surface area contributed by atoms with Crippen LogP contribution in [0.2, 0.25) is 0 Å². The second kappa shape index (κ2) is 7.03. The molecule has 1 amide bonds. The molecule has 0 aromatic heterocycles. The first-order valence-corrected chi connectivity index (χ1v) is 6.56. The van der Waals surface area contributed by atoms with Crippen LogP contribution >= 0.6 is 0 Å². The number of benzene rings is 1. The van der Waals surface area contributed by atoms with Crippen molar-refractivity contribution in [2.75, 3.05) is 26.4 Å². The summed E-state index contributed by atoms with van der Waals surface area (Å²) < 4.78 is 23.3. The molecule has 1 aromatic carbocycles. The van der Waals surface area contributed by atoms with Crippen LogP contribution in [0.15, 0.2) is 24.3 Å². The minimum atomic E-state index is -1.09. The van der Waals surface area contributed by atoms with E-state index in [1.807, 2.05) is 0 Å². The van der Waals surface area contributed by atoms with Gasteiger partial charge in [0.25, 0.3) is 0 Å². The average molecular weight is 297 g/mol. The highest BCUT2D eigenvalue weighted by Crippen LogP contribution is 2.13. The van der Waals surface area contributed by atoms with Gasteiger partial charge in [0, 0.05) is 12.6 Å². The van der Waals surface area contributed by atoms with Crippen LogP contribution < -0.4 is 4.74 Å². The Labute approximate surface area is 121 Å². The van der Waals surface area contributed by atoms with Crippen LogP contribution in [0.4, 0.5) is 4.39 Å². The van der Waals surface area contributed by atoms with Crippen molar-refractivity contribution in [2.45, 2.75) is 12.5 Å². The van der Waals surface area contributed by atoms with Gasteiger partial charge in [-0.3, -0.25) is 4.79 Å². The third-order valence-electron chi connectivity index (χ3n) is 3.11. The zero-order valence-corrected chi connectivity index (χ0v) is 11.3. The molecule has 0 saturated carbocycles. The van der Waals surface area contributed by atoms with Gasteiger partial charge in [0.1, 0.15) is 11.6 Å². The highest BCUT2D eigenvalue weighted by atomic mass is 19.1. The number of nitrogens with zero attached hydrogens (tertiary/aromatic N) is 1. The van der Waals surface area contributed by atoms with Crippen molar-refractivity contribution >= 4 is 11.9 Å². The molecule has 1 aliphatic heterocycles. The molecule has 1 heterocycles. The number of carboxylic acids is 1. The van der Waals surface area contributed by atoms with E-state index in [1.165, 1.54) is 23.1 Å². The van der Waals surface area contributed by atoms with Gasteiger partial charge >= 0.3 is 5.97 Å². The largest absolute Gasteiger partial charge is 0.493 e. The first-order valence-electron chi connectivity index (χ1n) is 6.56. The standard InChI is InChI=1S/C14H16FNO5/c15-10-2-1-3-11(8-10)21-6-4-13(17)16-5-7-20-9-12(16)14(18)19/h1-3,8,12H,4-7,9H2,(H,18,19). The smallest absolute Gasteiger partial charge is 0.328 e. The lowest BCUT2D eigenvalue weighted by atomic mass is 10.2. The Morgan fingerprint density at radius 2 is 2.29 bits per heavy atom. The Morgan fingerprint density at radius 1 is 1.48 bits per heavy atom. The Balaban J connectivity index is 1.84. The number of carboxylic acid groups (broad SMARTS) is 1. The number of carbonyl (C=O) groups excluding carboxylic acids is 1. The van der Waals surface area contributed by atoms with Crippen LogP contribution in [0.3, 0.4) is 0 Å². The van der Waals surface area contributed by atoms with Gasteiger partial charge in [-0.15, -0.1) is 0 Å². The van der Waals surface area contributed by atoms with E-state index in [9.17, 15) is 14.0 Å². The molecular weight excluding hydrogens is 281 g/mol. The predicted octanol–water partition coefficient (Wildman–Crippen LogP) is 0.907. The molecule has 0 bridgehead atoms. The van der Waals surface area contributed by atoms with E-state index in [0.717, 1.165) is 0 Å². The van der Waals surface area contributed by atoms with Crippen molar-refractivity contribution in [1.82, 2.24) is 4.90 Å². The van der Waals surface area contributed by atoms with Crippen LogP contribution in [-0.4, -0.2) is 54.3 Å². The zero-order chi connectivity index (χ0) is 15.2. The van der Waals surface area contributed by atoms with E-state index in [-0.39, 0.29) is 32.1 Å². The fourth-order valence-corrected chi connectivity index (χ4v) is 2.06. The summed E-state index contributed by atoms with van der Waals surface area (Å²) in [6.07, 6.45) is 0.0281. The normalized spacial score (nSPS) is 18.3. The Bertz CT molecular complexity index is 522. The van der Waals surface area contributed by atoms with Crippen LogP contribution in [0.25, 0.3) is 0 Å². The highest BCUT2D eigenvalue weighted by Gasteiger charge is 2.32. The molecule has 0 radical (unpaired) electrons. The van der Waals surface area contributed by atoms with E-state index < -0.39 is 17.8 Å². The van der Waals surface area contributed by atoms with Gasteiger partial charge in [-0.1, -0.05) is 6.07 Å². The number of rotatable bonds is 5. The summed E-state index contributed by atoms with van der Waals surface area (Å²) in [5.74, 6) is -1.49. The third kappa shape index (κ3) is 4.16. The van der Waals surface area contributed by atoms with E-state index >= 15 is 0 Å². The van der Waals surface area contributed by atoms with Gasteiger partial charge in [0.2, 0.25) is 5.91 Å². The molecule has 1 aliphatic rings. The van der Waals surface area contributed by atoms with Gasteiger partial charge in [-0.2, -0.15) is 0 Å². The summed E-state index contributed by atoms with van der Waals surface area (Å²) in [6, 6.07) is 4.65. The van der Waals surface area contributed by atoms with Crippen molar-refractivity contribution in [3.05, 3.63) is 30.1 Å². The SMILES string of the molecule is O=C(O)C1COCCN1C(=O)CCOc1cccc(F)c1. The number of carbonyl (C=O) groups is 2. The minimum absolute atomic E-state index is 0.00811. The number of hydrogen-bond acceptors (Lipinski definition) is 4. The summed E-state index contributed by atoms with van der Waals surface area (Å²) in [5, 5.41) is 9.04. The van der Waals surface area contributed by atoms with E-state index in [0.29, 0.717) is 12.4 Å². The maximum Gasteiger partial charge on any atom is 0.328 e. The average Bonchev–Trinajstić information content (AvgIpc) is 2.47. The molecule has 1 saturated heterocycles. The molecular formula is C14H16FNO5. The van der Waals surface area contributed by atoms with Gasteiger partial charge in [-0.25, -0.2) is 9.18 Å². The molecule has 114 valence electrons. The van der Waals surface area contributed by atoms with Crippen molar-refractivity contribution in [3.8, 4) is 5.75 Å². The molecule has 1 aromatic rings. The Morgan fingerprint density at radius 3 is 3.00 bits per heavy atom. The summed E-state index contributed by atoms with van der Waals surface area (Å²) in [5.41, 5.74) is 0. The maximum atomic E-state index is 12.9. The lowest BCUT2D eigenvalue weighted by Gasteiger charge is -2.32. The Kier molecular flexibility index (Phi) is 5.10. The summed E-state index contributed by atoms with van der Waals surface area (Å²) in [7, 11) is 0. The minimum Gasteiger partial charge on any atom is -0.493 e. The summed E-state index contributed by atoms with van der Waals surface area (Å²) in [4.78, 5) is 24.4. The number of hydrogen-bond donors (Lipinski definition) is 1. The van der Waals surface area contributed by atoms with Gasteiger partial charge in [0.15, 0.2) is 6.04 Å². The van der Waals surface area contributed by atoms with Gasteiger partial charge < -0.3 is 19.5 Å². The topological polar surface area (TPSA) is 76.1 Å². The molecule has 1 unspecified atom stereocenters. The second-order valence-corrected chi connectivity index (χ2v) is 4.57. The van der Waals surface area contributed by atoms with E-state index in [2.05, 4.69) is 0 Å². The maximum absolute atomic E-state index is 12.9. The van der Waals surface area contributed by atoms with Gasteiger partial charge in [-0.05, 0) is 12.1 Å². The number of halogens is 1. The van der Waals surface area contributed by atoms with Crippen LogP contribution in [0.5, 0.6) is 5.75 Å². The molecule has 1 N–H and O–H groups in total. The monoisotopic (exact) mass is 297 g/mol. The van der Waals surface area contributed by atoms with Gasteiger partial charge in [0.05, 0.1) is 26.2 Å². The molecule has 0 aliphatic carbocycles. The van der Waals surface area contributed by atoms with E-state index in [1.54, 1.807) is 6.07 Å². The molecule has 6 nitrogen and oxygen atoms in total. The van der Waals surface area contributed by atoms with Crippen molar-refractivity contribution in [1.29, 1.82) is 0 Å². The van der Waals surface area contributed by atoms with Crippen LogP contribution in [0, 0.1) is 5.82 Å². The number of amides is 1. The first-order chi connectivity index (χ1) is 10.1. The molecule has 2 rings (SSSR count). The molecule has 1 fully saturated rings. The van der Waals surface area contributed by atoms with Crippen LogP contribution in [0.1, 0.15) is 6.42 Å². The first kappa shape index (κ1) is 15.2. The number of ether oxygens (including phenoxy) is 2. The highest BCUT2D eigenvalue weighted by molar-refractivity contribution is 5.84. The number of aliphatic carboxylic acids is 1. The second-order valence-electron chi connectivity index (χ2n) is 4.57. The quantitative estimate of drug-likeness (QED) is 0.874. The van der Waals surface area contributed by atoms with E-state index in [4.69, 9.17) is 14.6 Å². The van der Waals surface area contributed by atoms with Crippen LogP contribution in [-0.2, 0) is 14.3 Å². The summed E-state index contributed by atoms with van der Waals surface area (Å²) >= 11 is 0. The lowest BCUT2D eigenvalue weighted by Crippen LogP contribution is -2.52. The van der Waals surface area contributed by atoms with Crippen molar-refractivity contribution < 1.29 is 28.6 Å².